The molecule has 2 heterocycles. The van der Waals surface area contributed by atoms with Gasteiger partial charge < -0.3 is 4.74 Å². The molecule has 2 aromatic heterocycles. The van der Waals surface area contributed by atoms with Gasteiger partial charge in [-0.05, 0) is 64.5 Å². The highest BCUT2D eigenvalue weighted by Gasteiger charge is 2.05. The highest BCUT2D eigenvalue weighted by atomic mass is 79.9. The average molecular weight is 341 g/mol. The van der Waals surface area contributed by atoms with E-state index in [-0.39, 0.29) is 0 Å². The Kier molecular flexibility index (Phi) is 3.97. The molecular weight excluding hydrogens is 328 g/mol. The van der Waals surface area contributed by atoms with Crippen molar-refractivity contribution < 1.29 is 4.74 Å². The summed E-state index contributed by atoms with van der Waals surface area (Å²) in [7, 11) is 1.66. The molecule has 104 valence electrons. The van der Waals surface area contributed by atoms with Crippen LogP contribution in [0.5, 0.6) is 5.75 Å². The van der Waals surface area contributed by atoms with Crippen LogP contribution >= 0.6 is 15.9 Å². The van der Waals surface area contributed by atoms with Crippen LogP contribution in [-0.2, 0) is 0 Å². The molecule has 21 heavy (non-hydrogen) atoms. The summed E-state index contributed by atoms with van der Waals surface area (Å²) in [5, 5.41) is 0. The summed E-state index contributed by atoms with van der Waals surface area (Å²) < 4.78 is 5.98. The molecule has 0 saturated carbocycles. The molecule has 0 bridgehead atoms. The fourth-order valence-corrected chi connectivity index (χ4v) is 2.39. The Morgan fingerprint density at radius 3 is 2.05 bits per heavy atom. The van der Waals surface area contributed by atoms with Crippen LogP contribution in [0.3, 0.4) is 0 Å². The molecule has 0 atom stereocenters. The molecule has 0 aliphatic rings. The van der Waals surface area contributed by atoms with Gasteiger partial charge in [0.05, 0.1) is 24.2 Å². The van der Waals surface area contributed by atoms with E-state index in [9.17, 15) is 0 Å². The Morgan fingerprint density at radius 1 is 0.762 bits per heavy atom. The van der Waals surface area contributed by atoms with Crippen LogP contribution in [0.15, 0.2) is 65.3 Å². The van der Waals surface area contributed by atoms with Crippen molar-refractivity contribution >= 4 is 15.9 Å². The minimum Gasteiger partial charge on any atom is -0.497 e. The van der Waals surface area contributed by atoms with Gasteiger partial charge >= 0.3 is 0 Å². The van der Waals surface area contributed by atoms with Gasteiger partial charge in [-0.15, -0.1) is 0 Å². The van der Waals surface area contributed by atoms with Crippen LogP contribution in [0.2, 0.25) is 0 Å². The third kappa shape index (κ3) is 3.11. The minimum absolute atomic E-state index is 0.802. The Balaban J connectivity index is 1.99. The van der Waals surface area contributed by atoms with E-state index in [1.54, 1.807) is 7.11 Å². The second kappa shape index (κ2) is 6.06. The molecule has 0 spiro atoms. The highest BCUT2D eigenvalue weighted by Crippen LogP contribution is 2.24. The van der Waals surface area contributed by atoms with Gasteiger partial charge in [-0.2, -0.15) is 0 Å². The third-order valence-corrected chi connectivity index (χ3v) is 3.55. The third-order valence-electron chi connectivity index (χ3n) is 3.11. The van der Waals surface area contributed by atoms with Crippen LogP contribution in [0, 0.1) is 0 Å². The number of hydrogen-bond acceptors (Lipinski definition) is 3. The van der Waals surface area contributed by atoms with Crippen molar-refractivity contribution in [3.63, 3.8) is 0 Å². The number of ether oxygens (including phenoxy) is 1. The number of aromatic nitrogens is 2. The Hall–Kier alpha value is -2.20. The number of rotatable bonds is 3. The molecule has 3 aromatic rings. The minimum atomic E-state index is 0.802. The zero-order chi connectivity index (χ0) is 14.7. The van der Waals surface area contributed by atoms with E-state index < -0.39 is 0 Å². The lowest BCUT2D eigenvalue weighted by molar-refractivity contribution is 0.415. The molecule has 4 heteroatoms. The summed E-state index contributed by atoms with van der Waals surface area (Å²) >= 11 is 3.39. The quantitative estimate of drug-likeness (QED) is 0.654. The highest BCUT2D eigenvalue weighted by molar-refractivity contribution is 9.10. The first-order valence-electron chi connectivity index (χ1n) is 6.51. The SMILES string of the molecule is COc1ccc(-c2cccc(-c3cccc(Br)n3)n2)cc1. The molecule has 0 unspecified atom stereocenters. The van der Waals surface area contributed by atoms with Crippen LogP contribution in [0.4, 0.5) is 0 Å². The molecular formula is C17H13BrN2O. The van der Waals surface area contributed by atoms with Gasteiger partial charge in [-0.1, -0.05) is 12.1 Å². The second-order valence-corrected chi connectivity index (χ2v) is 5.29. The maximum atomic E-state index is 5.18. The van der Waals surface area contributed by atoms with Gasteiger partial charge in [-0.3, -0.25) is 0 Å². The van der Waals surface area contributed by atoms with Crippen molar-refractivity contribution in [2.75, 3.05) is 7.11 Å². The van der Waals surface area contributed by atoms with Gasteiger partial charge in [0.2, 0.25) is 0 Å². The first-order chi connectivity index (χ1) is 10.3. The number of methoxy groups -OCH3 is 1. The number of pyridine rings is 2. The monoisotopic (exact) mass is 340 g/mol. The lowest BCUT2D eigenvalue weighted by atomic mass is 10.1. The molecule has 1 aromatic carbocycles. The van der Waals surface area contributed by atoms with Crippen molar-refractivity contribution in [3.8, 4) is 28.4 Å². The zero-order valence-electron chi connectivity index (χ0n) is 11.5. The van der Waals surface area contributed by atoms with E-state index in [0.29, 0.717) is 0 Å². The molecule has 3 nitrogen and oxygen atoms in total. The van der Waals surface area contributed by atoms with Crippen LogP contribution < -0.4 is 4.74 Å². The smallest absolute Gasteiger partial charge is 0.118 e. The van der Waals surface area contributed by atoms with Crippen molar-refractivity contribution in [1.29, 1.82) is 0 Å². The molecule has 0 radical (unpaired) electrons. The second-order valence-electron chi connectivity index (χ2n) is 4.48. The van der Waals surface area contributed by atoms with Gasteiger partial charge in [0, 0.05) is 5.56 Å². The summed E-state index contributed by atoms with van der Waals surface area (Å²) in [5.41, 5.74) is 3.66. The topological polar surface area (TPSA) is 35.0 Å². The maximum Gasteiger partial charge on any atom is 0.118 e. The maximum absolute atomic E-state index is 5.18. The molecule has 0 aliphatic heterocycles. The summed E-state index contributed by atoms with van der Waals surface area (Å²) in [5.74, 6) is 0.837. The van der Waals surface area contributed by atoms with E-state index in [2.05, 4.69) is 25.9 Å². The Labute approximate surface area is 131 Å². The number of benzene rings is 1. The summed E-state index contributed by atoms with van der Waals surface area (Å²) in [4.78, 5) is 9.13. The van der Waals surface area contributed by atoms with Crippen molar-refractivity contribution in [3.05, 3.63) is 65.3 Å². The summed E-state index contributed by atoms with van der Waals surface area (Å²) in [6.45, 7) is 0. The van der Waals surface area contributed by atoms with Gasteiger partial charge in [0.15, 0.2) is 0 Å². The van der Waals surface area contributed by atoms with Crippen LogP contribution in [-0.4, -0.2) is 17.1 Å². The lowest BCUT2D eigenvalue weighted by Gasteiger charge is -2.06. The fourth-order valence-electron chi connectivity index (χ4n) is 2.05. The lowest BCUT2D eigenvalue weighted by Crippen LogP contribution is -1.90. The molecule has 0 amide bonds. The van der Waals surface area contributed by atoms with Crippen molar-refractivity contribution in [2.45, 2.75) is 0 Å². The van der Waals surface area contributed by atoms with E-state index in [1.165, 1.54) is 0 Å². The van der Waals surface area contributed by atoms with Gasteiger partial charge in [-0.25, -0.2) is 9.97 Å². The van der Waals surface area contributed by atoms with E-state index >= 15 is 0 Å². The summed E-state index contributed by atoms with van der Waals surface area (Å²) in [6.07, 6.45) is 0. The standard InChI is InChI=1S/C17H13BrN2O/c1-21-13-10-8-12(9-11-13)14-4-2-5-15(19-14)16-6-3-7-17(18)20-16/h2-11H,1H3. The predicted octanol–water partition coefficient (Wildman–Crippen LogP) is 4.58. The van der Waals surface area contributed by atoms with E-state index in [0.717, 1.165) is 33.0 Å². The largest absolute Gasteiger partial charge is 0.497 e. The molecule has 0 fully saturated rings. The van der Waals surface area contributed by atoms with Crippen LogP contribution in [0.25, 0.3) is 22.6 Å². The van der Waals surface area contributed by atoms with Gasteiger partial charge in [0.25, 0.3) is 0 Å². The molecule has 0 N–H and O–H groups in total. The van der Waals surface area contributed by atoms with Crippen molar-refractivity contribution in [2.24, 2.45) is 0 Å². The fraction of sp³-hybridized carbons (Fsp3) is 0.0588. The van der Waals surface area contributed by atoms with Crippen LogP contribution in [0.1, 0.15) is 0 Å². The Bertz CT molecular complexity index is 757. The zero-order valence-corrected chi connectivity index (χ0v) is 13.0. The average Bonchev–Trinajstić information content (AvgIpc) is 2.55. The predicted molar refractivity (Wildman–Crippen MR) is 87.2 cm³/mol. The molecule has 3 rings (SSSR count). The molecule has 0 aliphatic carbocycles. The first-order valence-corrected chi connectivity index (χ1v) is 7.30. The van der Waals surface area contributed by atoms with E-state index in [4.69, 9.17) is 4.74 Å². The van der Waals surface area contributed by atoms with Gasteiger partial charge in [0.1, 0.15) is 10.4 Å². The van der Waals surface area contributed by atoms with E-state index in [1.807, 2.05) is 60.7 Å². The number of halogens is 1. The first kappa shape index (κ1) is 13.8. The molecule has 0 saturated heterocycles. The number of nitrogens with zero attached hydrogens (tertiary/aromatic N) is 2. The van der Waals surface area contributed by atoms with Crippen molar-refractivity contribution in [1.82, 2.24) is 9.97 Å². The Morgan fingerprint density at radius 2 is 1.38 bits per heavy atom. The summed E-state index contributed by atoms with van der Waals surface area (Å²) in [6, 6.07) is 19.6. The normalized spacial score (nSPS) is 10.4. The number of hydrogen-bond donors (Lipinski definition) is 0.